The average molecular weight is 312 g/mol. The molecule has 3 aromatic rings. The van der Waals surface area contributed by atoms with Crippen molar-refractivity contribution in [3.63, 3.8) is 0 Å². The highest BCUT2D eigenvalue weighted by Crippen LogP contribution is 2.34. The van der Waals surface area contributed by atoms with Crippen molar-refractivity contribution in [3.8, 4) is 17.0 Å². The van der Waals surface area contributed by atoms with Crippen LogP contribution in [0.5, 0.6) is 5.88 Å². The van der Waals surface area contributed by atoms with Gasteiger partial charge in [0.15, 0.2) is 5.88 Å². The van der Waals surface area contributed by atoms with Crippen molar-refractivity contribution < 1.29 is 5.11 Å². The van der Waals surface area contributed by atoms with Crippen LogP contribution in [0.4, 0.5) is 0 Å². The summed E-state index contributed by atoms with van der Waals surface area (Å²) in [7, 11) is 0. The Morgan fingerprint density at radius 2 is 2.14 bits per heavy atom. The molecule has 0 spiro atoms. The van der Waals surface area contributed by atoms with Gasteiger partial charge < -0.3 is 9.67 Å². The number of hydrogen-bond donors (Lipinski definition) is 1. The van der Waals surface area contributed by atoms with Crippen molar-refractivity contribution >= 4 is 22.5 Å². The van der Waals surface area contributed by atoms with Crippen molar-refractivity contribution in [3.05, 3.63) is 48.4 Å². The molecular weight excluding hydrogens is 292 g/mol. The van der Waals surface area contributed by atoms with E-state index in [1.54, 1.807) is 6.20 Å². The normalized spacial score (nSPS) is 11.2. The van der Waals surface area contributed by atoms with Gasteiger partial charge in [0.25, 0.3) is 0 Å². The van der Waals surface area contributed by atoms with E-state index in [1.165, 1.54) is 0 Å². The lowest BCUT2D eigenvalue weighted by Gasteiger charge is -2.05. The van der Waals surface area contributed by atoms with Gasteiger partial charge in [-0.25, -0.2) is 0 Å². The van der Waals surface area contributed by atoms with Gasteiger partial charge in [-0.05, 0) is 48.6 Å². The fraction of sp³-hybridized carbons (Fsp3) is 0.278. The van der Waals surface area contributed by atoms with Gasteiger partial charge in [0.05, 0.1) is 0 Å². The number of benzene rings is 1. The lowest BCUT2D eigenvalue weighted by Crippen LogP contribution is -1.96. The standard InChI is InChI=1S/C18H20N2OS/c1-13-9-15(14-5-3-6-19-11-14)10-16-12-20(7-4-8-22-2)18(21)17(13)16/h3,5-6,9-12,21H,4,7-8H2,1-2H3. The van der Waals surface area contributed by atoms with Crippen molar-refractivity contribution in [2.24, 2.45) is 0 Å². The van der Waals surface area contributed by atoms with Crippen LogP contribution in [0.15, 0.2) is 42.9 Å². The van der Waals surface area contributed by atoms with Gasteiger partial charge in [0.1, 0.15) is 0 Å². The maximum atomic E-state index is 10.5. The minimum absolute atomic E-state index is 0.381. The molecule has 2 heterocycles. The minimum Gasteiger partial charge on any atom is -0.494 e. The second-order valence-electron chi connectivity index (χ2n) is 5.49. The fourth-order valence-corrected chi connectivity index (χ4v) is 3.26. The molecule has 0 amide bonds. The molecule has 4 heteroatoms. The Kier molecular flexibility index (Phi) is 4.39. The molecule has 0 saturated heterocycles. The number of fused-ring (bicyclic) bond motifs is 1. The molecule has 114 valence electrons. The topological polar surface area (TPSA) is 38.0 Å². The predicted octanol–water partition coefficient (Wildman–Crippen LogP) is 4.47. The van der Waals surface area contributed by atoms with Crippen LogP contribution in [-0.4, -0.2) is 26.7 Å². The molecule has 2 aromatic heterocycles. The summed E-state index contributed by atoms with van der Waals surface area (Å²) in [6.07, 6.45) is 8.87. The smallest absolute Gasteiger partial charge is 0.199 e. The Morgan fingerprint density at radius 3 is 2.86 bits per heavy atom. The number of rotatable bonds is 5. The van der Waals surface area contributed by atoms with Gasteiger partial charge in [-0.2, -0.15) is 11.8 Å². The van der Waals surface area contributed by atoms with E-state index >= 15 is 0 Å². The van der Waals surface area contributed by atoms with E-state index in [0.717, 1.165) is 46.2 Å². The molecule has 22 heavy (non-hydrogen) atoms. The monoisotopic (exact) mass is 312 g/mol. The predicted molar refractivity (Wildman–Crippen MR) is 94.6 cm³/mol. The molecule has 0 aliphatic carbocycles. The third-order valence-electron chi connectivity index (χ3n) is 3.90. The molecular formula is C18H20N2OS. The highest BCUT2D eigenvalue weighted by molar-refractivity contribution is 7.98. The fourth-order valence-electron chi connectivity index (χ4n) is 2.84. The zero-order chi connectivity index (χ0) is 15.5. The van der Waals surface area contributed by atoms with Crippen LogP contribution in [-0.2, 0) is 6.54 Å². The van der Waals surface area contributed by atoms with Crippen LogP contribution >= 0.6 is 11.8 Å². The van der Waals surface area contributed by atoms with Gasteiger partial charge in [-0.15, -0.1) is 0 Å². The summed E-state index contributed by atoms with van der Waals surface area (Å²) < 4.78 is 1.96. The van der Waals surface area contributed by atoms with E-state index in [-0.39, 0.29) is 0 Å². The quantitative estimate of drug-likeness (QED) is 0.706. The van der Waals surface area contributed by atoms with Crippen LogP contribution in [0.25, 0.3) is 21.9 Å². The second-order valence-corrected chi connectivity index (χ2v) is 6.48. The van der Waals surface area contributed by atoms with E-state index in [0.29, 0.717) is 5.88 Å². The van der Waals surface area contributed by atoms with E-state index in [9.17, 15) is 5.11 Å². The van der Waals surface area contributed by atoms with Crippen LogP contribution in [0.3, 0.4) is 0 Å². The number of aryl methyl sites for hydroxylation is 2. The average Bonchev–Trinajstić information content (AvgIpc) is 2.85. The summed E-state index contributed by atoms with van der Waals surface area (Å²) in [5, 5.41) is 12.5. The maximum absolute atomic E-state index is 10.5. The van der Waals surface area contributed by atoms with Crippen LogP contribution in [0.2, 0.25) is 0 Å². The zero-order valence-electron chi connectivity index (χ0n) is 12.9. The van der Waals surface area contributed by atoms with Gasteiger partial charge in [0.2, 0.25) is 0 Å². The molecule has 0 unspecified atom stereocenters. The number of aromatic hydroxyl groups is 1. The van der Waals surface area contributed by atoms with E-state index in [4.69, 9.17) is 0 Å². The van der Waals surface area contributed by atoms with Gasteiger partial charge in [0, 0.05) is 41.5 Å². The Labute approximate surface area is 135 Å². The van der Waals surface area contributed by atoms with Gasteiger partial charge in [-0.1, -0.05) is 12.1 Å². The molecule has 1 aromatic carbocycles. The first-order valence-electron chi connectivity index (χ1n) is 7.42. The Morgan fingerprint density at radius 1 is 1.27 bits per heavy atom. The van der Waals surface area contributed by atoms with Crippen LogP contribution in [0, 0.1) is 6.92 Å². The largest absolute Gasteiger partial charge is 0.494 e. The third kappa shape index (κ3) is 2.83. The first-order valence-corrected chi connectivity index (χ1v) is 8.82. The summed E-state index contributed by atoms with van der Waals surface area (Å²) in [6.45, 7) is 2.90. The summed E-state index contributed by atoms with van der Waals surface area (Å²) in [4.78, 5) is 4.19. The number of hydrogen-bond acceptors (Lipinski definition) is 3. The highest BCUT2D eigenvalue weighted by Gasteiger charge is 2.12. The Bertz CT molecular complexity index is 781. The first-order chi connectivity index (χ1) is 10.7. The molecule has 0 radical (unpaired) electrons. The lowest BCUT2D eigenvalue weighted by atomic mass is 10.0. The molecule has 3 nitrogen and oxygen atoms in total. The number of pyridine rings is 1. The van der Waals surface area contributed by atoms with Gasteiger partial charge in [-0.3, -0.25) is 4.98 Å². The maximum Gasteiger partial charge on any atom is 0.199 e. The molecule has 0 aliphatic rings. The van der Waals surface area contributed by atoms with Gasteiger partial charge >= 0.3 is 0 Å². The van der Waals surface area contributed by atoms with Crippen LogP contribution in [0.1, 0.15) is 12.0 Å². The molecule has 3 rings (SSSR count). The molecule has 0 atom stereocenters. The molecule has 0 fully saturated rings. The first kappa shape index (κ1) is 15.0. The molecule has 1 N–H and O–H groups in total. The molecule has 0 aliphatic heterocycles. The van der Waals surface area contributed by atoms with Crippen molar-refractivity contribution in [1.82, 2.24) is 9.55 Å². The van der Waals surface area contributed by atoms with E-state index in [2.05, 4.69) is 35.6 Å². The minimum atomic E-state index is 0.381. The Balaban J connectivity index is 2.03. The SMILES string of the molecule is CSCCCn1cc2cc(-c3cccnc3)cc(C)c2c1O. The van der Waals surface area contributed by atoms with E-state index < -0.39 is 0 Å². The third-order valence-corrected chi connectivity index (χ3v) is 4.60. The summed E-state index contributed by atoms with van der Waals surface area (Å²) in [5.74, 6) is 1.49. The summed E-state index contributed by atoms with van der Waals surface area (Å²) in [5.41, 5.74) is 3.33. The number of thioether (sulfide) groups is 1. The lowest BCUT2D eigenvalue weighted by molar-refractivity contribution is 0.421. The van der Waals surface area contributed by atoms with Crippen molar-refractivity contribution in [1.29, 1.82) is 0 Å². The second kappa shape index (κ2) is 6.44. The molecule has 0 saturated carbocycles. The van der Waals surface area contributed by atoms with E-state index in [1.807, 2.05) is 35.5 Å². The number of nitrogens with zero attached hydrogens (tertiary/aromatic N) is 2. The summed E-state index contributed by atoms with van der Waals surface area (Å²) >= 11 is 1.83. The zero-order valence-corrected chi connectivity index (χ0v) is 13.7. The number of aromatic nitrogens is 2. The van der Waals surface area contributed by atoms with Crippen LogP contribution < -0.4 is 0 Å². The van der Waals surface area contributed by atoms with Crippen molar-refractivity contribution in [2.75, 3.05) is 12.0 Å². The van der Waals surface area contributed by atoms with Crippen molar-refractivity contribution in [2.45, 2.75) is 19.9 Å². The Hall–Kier alpha value is -1.94. The molecule has 0 bridgehead atoms. The highest BCUT2D eigenvalue weighted by atomic mass is 32.2. The summed E-state index contributed by atoms with van der Waals surface area (Å²) in [6, 6.07) is 8.25.